The lowest BCUT2D eigenvalue weighted by Crippen LogP contribution is -2.20. The van der Waals surface area contributed by atoms with Crippen molar-refractivity contribution < 1.29 is 13.9 Å². The number of nitrogens with one attached hydrogen (secondary N) is 1. The van der Waals surface area contributed by atoms with Crippen LogP contribution in [0.15, 0.2) is 28.2 Å². The molecule has 8 heteroatoms. The number of carbonyl (C=O) groups is 1. The molecule has 1 amide bonds. The summed E-state index contributed by atoms with van der Waals surface area (Å²) in [6.45, 7) is -0.191. The summed E-state index contributed by atoms with van der Waals surface area (Å²) in [5.74, 6) is -0.348. The largest absolute Gasteiger partial charge is 0.483 e. The van der Waals surface area contributed by atoms with E-state index in [-0.39, 0.29) is 18.3 Å². The van der Waals surface area contributed by atoms with Gasteiger partial charge in [-0.2, -0.15) is 0 Å². The van der Waals surface area contributed by atoms with Gasteiger partial charge in [0.1, 0.15) is 17.1 Å². The van der Waals surface area contributed by atoms with Gasteiger partial charge >= 0.3 is 0 Å². The van der Waals surface area contributed by atoms with Crippen LogP contribution in [-0.4, -0.2) is 22.7 Å². The Balaban J connectivity index is 1.89. The van der Waals surface area contributed by atoms with Crippen LogP contribution in [0.2, 0.25) is 0 Å². The minimum atomic E-state index is -0.382. The SMILES string of the molecule is O=C(COc1ccc(F)cc1Br)Nc1nncs1. The second kappa shape index (κ2) is 5.87. The van der Waals surface area contributed by atoms with Gasteiger partial charge in [-0.1, -0.05) is 11.3 Å². The first-order chi connectivity index (χ1) is 8.65. The molecule has 0 aliphatic rings. The Morgan fingerprint density at radius 2 is 2.39 bits per heavy atom. The fourth-order valence-corrected chi connectivity index (χ4v) is 2.04. The molecule has 0 radical (unpaired) electrons. The summed E-state index contributed by atoms with van der Waals surface area (Å²) in [6.07, 6.45) is 0. The lowest BCUT2D eigenvalue weighted by Gasteiger charge is -2.07. The van der Waals surface area contributed by atoms with E-state index >= 15 is 0 Å². The molecule has 0 unspecified atom stereocenters. The van der Waals surface area contributed by atoms with Crippen LogP contribution in [0, 0.1) is 5.82 Å². The molecular formula is C10H7BrFN3O2S. The number of benzene rings is 1. The summed E-state index contributed by atoms with van der Waals surface area (Å²) in [7, 11) is 0. The summed E-state index contributed by atoms with van der Waals surface area (Å²) < 4.78 is 18.5. The molecule has 0 bridgehead atoms. The third-order valence-electron chi connectivity index (χ3n) is 1.86. The predicted molar refractivity (Wildman–Crippen MR) is 68.1 cm³/mol. The maximum Gasteiger partial charge on any atom is 0.264 e. The van der Waals surface area contributed by atoms with E-state index < -0.39 is 0 Å². The molecule has 2 rings (SSSR count). The van der Waals surface area contributed by atoms with Crippen molar-refractivity contribution in [2.24, 2.45) is 0 Å². The van der Waals surface area contributed by atoms with E-state index in [1.807, 2.05) is 0 Å². The fourth-order valence-electron chi connectivity index (χ4n) is 1.12. The van der Waals surface area contributed by atoms with E-state index in [1.54, 1.807) is 0 Å². The fraction of sp³-hybridized carbons (Fsp3) is 0.100. The van der Waals surface area contributed by atoms with Crippen LogP contribution in [0.5, 0.6) is 5.75 Å². The number of rotatable bonds is 4. The molecule has 0 saturated carbocycles. The summed E-state index contributed by atoms with van der Waals surface area (Å²) in [5.41, 5.74) is 1.51. The molecule has 1 heterocycles. The second-order valence-corrected chi connectivity index (χ2v) is 4.84. The Morgan fingerprint density at radius 3 is 3.06 bits per heavy atom. The first-order valence-corrected chi connectivity index (χ1v) is 6.46. The van der Waals surface area contributed by atoms with Crippen molar-refractivity contribution in [3.05, 3.63) is 34.0 Å². The number of hydrogen-bond acceptors (Lipinski definition) is 5. The number of hydrogen-bond donors (Lipinski definition) is 1. The molecule has 2 aromatic rings. The molecule has 94 valence electrons. The Hall–Kier alpha value is -1.54. The zero-order valence-electron chi connectivity index (χ0n) is 8.89. The molecule has 0 atom stereocenters. The van der Waals surface area contributed by atoms with Crippen molar-refractivity contribution in [2.45, 2.75) is 0 Å². The van der Waals surface area contributed by atoms with Gasteiger partial charge in [-0.3, -0.25) is 10.1 Å². The molecule has 0 fully saturated rings. The zero-order chi connectivity index (χ0) is 13.0. The molecule has 1 N–H and O–H groups in total. The minimum Gasteiger partial charge on any atom is -0.483 e. The highest BCUT2D eigenvalue weighted by molar-refractivity contribution is 9.10. The summed E-state index contributed by atoms with van der Waals surface area (Å²) in [6, 6.07) is 3.96. The van der Waals surface area contributed by atoms with E-state index in [9.17, 15) is 9.18 Å². The van der Waals surface area contributed by atoms with Crippen LogP contribution in [0.3, 0.4) is 0 Å². The molecular weight excluding hydrogens is 325 g/mol. The average Bonchev–Trinajstić information content (AvgIpc) is 2.80. The lowest BCUT2D eigenvalue weighted by atomic mass is 10.3. The standard InChI is InChI=1S/C10H7BrFN3O2S/c11-7-3-6(12)1-2-8(7)17-4-9(16)14-10-15-13-5-18-10/h1-3,5H,4H2,(H,14,15,16). The van der Waals surface area contributed by atoms with Crippen LogP contribution in [0.25, 0.3) is 0 Å². The van der Waals surface area contributed by atoms with Crippen LogP contribution >= 0.6 is 27.3 Å². The minimum absolute atomic E-state index is 0.191. The molecule has 1 aromatic heterocycles. The predicted octanol–water partition coefficient (Wildman–Crippen LogP) is 2.46. The third-order valence-corrected chi connectivity index (χ3v) is 3.09. The van der Waals surface area contributed by atoms with Crippen molar-refractivity contribution >= 4 is 38.3 Å². The monoisotopic (exact) mass is 331 g/mol. The van der Waals surface area contributed by atoms with Gasteiger partial charge in [-0.15, -0.1) is 10.2 Å². The van der Waals surface area contributed by atoms with Crippen LogP contribution in [0.4, 0.5) is 9.52 Å². The van der Waals surface area contributed by atoms with Crippen LogP contribution in [-0.2, 0) is 4.79 Å². The number of amides is 1. The van der Waals surface area contributed by atoms with Gasteiger partial charge in [0.25, 0.3) is 5.91 Å². The molecule has 0 aliphatic carbocycles. The average molecular weight is 332 g/mol. The van der Waals surface area contributed by atoms with Crippen LogP contribution in [0.1, 0.15) is 0 Å². The summed E-state index contributed by atoms with van der Waals surface area (Å²) in [4.78, 5) is 11.5. The van der Waals surface area contributed by atoms with E-state index in [1.165, 1.54) is 35.0 Å². The molecule has 0 saturated heterocycles. The van der Waals surface area contributed by atoms with E-state index in [0.29, 0.717) is 15.4 Å². The van der Waals surface area contributed by atoms with Crippen molar-refractivity contribution in [1.29, 1.82) is 0 Å². The van der Waals surface area contributed by atoms with E-state index in [0.717, 1.165) is 0 Å². The Bertz CT molecular complexity index is 550. The topological polar surface area (TPSA) is 64.1 Å². The maximum atomic E-state index is 12.8. The van der Waals surface area contributed by atoms with Crippen molar-refractivity contribution in [3.8, 4) is 5.75 Å². The second-order valence-electron chi connectivity index (χ2n) is 3.16. The van der Waals surface area contributed by atoms with E-state index in [4.69, 9.17) is 4.74 Å². The molecule has 1 aromatic carbocycles. The molecule has 0 spiro atoms. The Labute approximate surface area is 114 Å². The van der Waals surface area contributed by atoms with Gasteiger partial charge in [0.2, 0.25) is 5.13 Å². The zero-order valence-corrected chi connectivity index (χ0v) is 11.3. The number of nitrogens with zero attached hydrogens (tertiary/aromatic N) is 2. The summed E-state index contributed by atoms with van der Waals surface area (Å²) >= 11 is 4.35. The third kappa shape index (κ3) is 3.47. The van der Waals surface area contributed by atoms with Gasteiger partial charge in [-0.05, 0) is 34.1 Å². The van der Waals surface area contributed by atoms with Gasteiger partial charge in [0, 0.05) is 0 Å². The van der Waals surface area contributed by atoms with Gasteiger partial charge < -0.3 is 4.74 Å². The molecule has 0 aliphatic heterocycles. The van der Waals surface area contributed by atoms with Gasteiger partial charge in [-0.25, -0.2) is 4.39 Å². The van der Waals surface area contributed by atoms with Gasteiger partial charge in [0.15, 0.2) is 6.61 Å². The maximum absolute atomic E-state index is 12.8. The normalized spacial score (nSPS) is 10.1. The first-order valence-electron chi connectivity index (χ1n) is 4.79. The smallest absolute Gasteiger partial charge is 0.264 e. The Morgan fingerprint density at radius 1 is 1.56 bits per heavy atom. The number of carbonyl (C=O) groups excluding carboxylic acids is 1. The van der Waals surface area contributed by atoms with Crippen molar-refractivity contribution in [3.63, 3.8) is 0 Å². The number of halogens is 2. The highest BCUT2D eigenvalue weighted by Crippen LogP contribution is 2.25. The highest BCUT2D eigenvalue weighted by atomic mass is 79.9. The number of anilines is 1. The van der Waals surface area contributed by atoms with Crippen molar-refractivity contribution in [1.82, 2.24) is 10.2 Å². The number of aromatic nitrogens is 2. The van der Waals surface area contributed by atoms with Crippen LogP contribution < -0.4 is 10.1 Å². The quantitative estimate of drug-likeness (QED) is 0.934. The van der Waals surface area contributed by atoms with Gasteiger partial charge in [0.05, 0.1) is 4.47 Å². The first kappa shape index (κ1) is 12.9. The highest BCUT2D eigenvalue weighted by Gasteiger charge is 2.08. The summed E-state index contributed by atoms with van der Waals surface area (Å²) in [5, 5.41) is 10.2. The van der Waals surface area contributed by atoms with E-state index in [2.05, 4.69) is 31.4 Å². The molecule has 5 nitrogen and oxygen atoms in total. The lowest BCUT2D eigenvalue weighted by molar-refractivity contribution is -0.118. The molecule has 18 heavy (non-hydrogen) atoms. The number of ether oxygens (including phenoxy) is 1. The Kier molecular flexibility index (Phi) is 4.21. The van der Waals surface area contributed by atoms with Crippen molar-refractivity contribution in [2.75, 3.05) is 11.9 Å².